The van der Waals surface area contributed by atoms with Crippen LogP contribution in [0.25, 0.3) is 104 Å². The number of fused-ring (bicyclic) bond motifs is 6. The van der Waals surface area contributed by atoms with Crippen LogP contribution in [-0.2, 0) is 0 Å². The number of rotatable bonds is 6. The van der Waals surface area contributed by atoms with Crippen molar-refractivity contribution < 1.29 is 0 Å². The van der Waals surface area contributed by atoms with E-state index in [1.807, 2.05) is 47.7 Å². The van der Waals surface area contributed by atoms with Gasteiger partial charge in [-0.05, 0) is 65.6 Å². The molecule has 0 aliphatic carbocycles. The van der Waals surface area contributed by atoms with Gasteiger partial charge in [0, 0.05) is 47.6 Å². The molecule has 5 heteroatoms. The lowest BCUT2D eigenvalue weighted by Gasteiger charge is -2.16. The zero-order chi connectivity index (χ0) is 37.9. The highest BCUT2D eigenvalue weighted by Crippen LogP contribution is 2.43. The number of benzene rings is 8. The Morgan fingerprint density at radius 2 is 0.982 bits per heavy atom. The van der Waals surface area contributed by atoms with Crippen molar-refractivity contribution in [2.75, 3.05) is 0 Å². The first kappa shape index (κ1) is 33.2. The summed E-state index contributed by atoms with van der Waals surface area (Å²) in [6, 6.07) is 66.8. The number of aromatic nitrogens is 4. The second kappa shape index (κ2) is 13.5. The van der Waals surface area contributed by atoms with Crippen LogP contribution in [0.15, 0.2) is 188 Å². The summed E-state index contributed by atoms with van der Waals surface area (Å²) < 4.78 is 4.94. The van der Waals surface area contributed by atoms with Gasteiger partial charge in [-0.15, -0.1) is 11.3 Å². The summed E-state index contributed by atoms with van der Waals surface area (Å²) in [5, 5.41) is 4.94. The largest absolute Gasteiger partial charge is 0.309 e. The molecule has 8 aromatic carbocycles. The third-order valence-corrected chi connectivity index (χ3v) is 12.1. The molecule has 0 fully saturated rings. The lowest BCUT2D eigenvalue weighted by atomic mass is 9.99. The summed E-state index contributed by atoms with van der Waals surface area (Å²) >= 11 is 1.84. The molecular formula is C52H34N4S. The van der Waals surface area contributed by atoms with Gasteiger partial charge in [0.15, 0.2) is 17.5 Å². The molecular weight excluding hydrogens is 713 g/mol. The van der Waals surface area contributed by atoms with Gasteiger partial charge < -0.3 is 4.57 Å². The van der Waals surface area contributed by atoms with Crippen molar-refractivity contribution >= 4 is 53.3 Å². The van der Waals surface area contributed by atoms with Crippen molar-refractivity contribution in [3.63, 3.8) is 0 Å². The maximum absolute atomic E-state index is 5.29. The normalized spacial score (nSPS) is 11.6. The van der Waals surface area contributed by atoms with E-state index >= 15 is 0 Å². The SMILES string of the molecule is Cc1cccc(-c2ccc3c(c2)c2ccccc2n3-c2ccc(-c3cccc4c3sc3ccccc34)cc2-c2nc(-c3ccccc3)nc(-c3ccccc3)n2)c1. The minimum absolute atomic E-state index is 0.616. The molecule has 0 amide bonds. The highest BCUT2D eigenvalue weighted by atomic mass is 32.1. The fourth-order valence-electron chi connectivity index (χ4n) is 8.22. The van der Waals surface area contributed by atoms with Crippen LogP contribution in [0, 0.1) is 6.92 Å². The molecule has 57 heavy (non-hydrogen) atoms. The first-order valence-corrected chi connectivity index (χ1v) is 20.0. The van der Waals surface area contributed by atoms with Gasteiger partial charge in [-0.25, -0.2) is 15.0 Å². The zero-order valence-corrected chi connectivity index (χ0v) is 31.9. The monoisotopic (exact) mass is 746 g/mol. The van der Waals surface area contributed by atoms with E-state index in [1.165, 1.54) is 53.2 Å². The molecule has 4 nitrogen and oxygen atoms in total. The van der Waals surface area contributed by atoms with Gasteiger partial charge in [0.25, 0.3) is 0 Å². The Hall–Kier alpha value is -7.21. The second-order valence-electron chi connectivity index (χ2n) is 14.5. The van der Waals surface area contributed by atoms with E-state index in [-0.39, 0.29) is 0 Å². The Morgan fingerprint density at radius 3 is 1.75 bits per heavy atom. The van der Waals surface area contributed by atoms with Crippen molar-refractivity contribution in [3.05, 3.63) is 194 Å². The molecule has 0 N–H and O–H groups in total. The molecule has 0 spiro atoms. The van der Waals surface area contributed by atoms with E-state index in [2.05, 4.69) is 163 Å². The summed E-state index contributed by atoms with van der Waals surface area (Å²) in [5.41, 5.74) is 12.0. The standard InChI is InChI=1S/C52H34N4S/c1-33-14-12-19-36(30-33)37-26-28-46-43(31-37)40-20-8-10-24-45(40)56(46)47-29-27-38(39-22-13-23-42-41-21-9-11-25-48(41)57-49(39)42)32-44(47)52-54-50(34-15-4-2-5-16-34)53-51(55-52)35-17-6-3-7-18-35/h2-32H,1H3. The molecule has 0 radical (unpaired) electrons. The smallest absolute Gasteiger partial charge is 0.166 e. The van der Waals surface area contributed by atoms with Crippen molar-refractivity contribution in [2.24, 2.45) is 0 Å². The summed E-state index contributed by atoms with van der Waals surface area (Å²) in [4.78, 5) is 15.6. The number of para-hydroxylation sites is 1. The summed E-state index contributed by atoms with van der Waals surface area (Å²) in [7, 11) is 0. The zero-order valence-electron chi connectivity index (χ0n) is 31.1. The summed E-state index contributed by atoms with van der Waals surface area (Å²) in [6.07, 6.45) is 0. The van der Waals surface area contributed by atoms with E-state index in [1.54, 1.807) is 0 Å². The van der Waals surface area contributed by atoms with Crippen molar-refractivity contribution in [1.29, 1.82) is 0 Å². The average molecular weight is 747 g/mol. The van der Waals surface area contributed by atoms with Gasteiger partial charge in [0.1, 0.15) is 0 Å². The lowest BCUT2D eigenvalue weighted by Crippen LogP contribution is -2.04. The molecule has 0 aliphatic rings. The van der Waals surface area contributed by atoms with Crippen LogP contribution in [-0.4, -0.2) is 19.5 Å². The Labute approximate surface area is 334 Å². The minimum Gasteiger partial charge on any atom is -0.309 e. The molecule has 3 heterocycles. The molecule has 0 unspecified atom stereocenters. The molecule has 0 saturated heterocycles. The van der Waals surface area contributed by atoms with Gasteiger partial charge in [-0.3, -0.25) is 0 Å². The van der Waals surface area contributed by atoms with Crippen LogP contribution >= 0.6 is 11.3 Å². The molecule has 268 valence electrons. The molecule has 0 atom stereocenters. The maximum Gasteiger partial charge on any atom is 0.166 e. The molecule has 0 aliphatic heterocycles. The molecule has 3 aromatic heterocycles. The molecule has 11 rings (SSSR count). The fraction of sp³-hybridized carbons (Fsp3) is 0.0192. The highest BCUT2D eigenvalue weighted by molar-refractivity contribution is 7.26. The predicted octanol–water partition coefficient (Wildman–Crippen LogP) is 14.0. The first-order valence-electron chi connectivity index (χ1n) is 19.2. The van der Waals surface area contributed by atoms with Gasteiger partial charge in [-0.2, -0.15) is 0 Å². The van der Waals surface area contributed by atoms with E-state index < -0.39 is 0 Å². The van der Waals surface area contributed by atoms with Crippen LogP contribution in [0.3, 0.4) is 0 Å². The summed E-state index contributed by atoms with van der Waals surface area (Å²) in [5.74, 6) is 1.88. The van der Waals surface area contributed by atoms with Crippen molar-refractivity contribution in [1.82, 2.24) is 19.5 Å². The van der Waals surface area contributed by atoms with Crippen LogP contribution in [0.2, 0.25) is 0 Å². The van der Waals surface area contributed by atoms with Crippen LogP contribution in [0.5, 0.6) is 0 Å². The van der Waals surface area contributed by atoms with E-state index in [9.17, 15) is 0 Å². The predicted molar refractivity (Wildman–Crippen MR) is 239 cm³/mol. The number of hydrogen-bond acceptors (Lipinski definition) is 4. The third-order valence-electron chi connectivity index (χ3n) is 10.9. The quantitative estimate of drug-likeness (QED) is 0.170. The van der Waals surface area contributed by atoms with Crippen LogP contribution in [0.1, 0.15) is 5.56 Å². The topological polar surface area (TPSA) is 43.6 Å². The molecule has 11 aromatic rings. The maximum atomic E-state index is 5.29. The van der Waals surface area contributed by atoms with Crippen molar-refractivity contribution in [2.45, 2.75) is 6.92 Å². The molecule has 0 saturated carbocycles. The van der Waals surface area contributed by atoms with Crippen LogP contribution < -0.4 is 0 Å². The Balaban J connectivity index is 1.21. The second-order valence-corrected chi connectivity index (χ2v) is 15.6. The summed E-state index contributed by atoms with van der Waals surface area (Å²) in [6.45, 7) is 2.15. The number of aryl methyl sites for hydroxylation is 1. The Kier molecular flexibility index (Phi) is 7.86. The van der Waals surface area contributed by atoms with Gasteiger partial charge in [0.2, 0.25) is 0 Å². The van der Waals surface area contributed by atoms with E-state index in [0.717, 1.165) is 39.0 Å². The van der Waals surface area contributed by atoms with Gasteiger partial charge in [0.05, 0.1) is 16.7 Å². The minimum atomic E-state index is 0.616. The van der Waals surface area contributed by atoms with Gasteiger partial charge in [-0.1, -0.05) is 157 Å². The molecule has 0 bridgehead atoms. The van der Waals surface area contributed by atoms with E-state index in [4.69, 9.17) is 15.0 Å². The fourth-order valence-corrected chi connectivity index (χ4v) is 9.46. The average Bonchev–Trinajstić information content (AvgIpc) is 3.82. The Morgan fingerprint density at radius 1 is 0.386 bits per heavy atom. The number of thiophene rings is 1. The third kappa shape index (κ3) is 5.71. The Bertz CT molecular complexity index is 3250. The number of hydrogen-bond donors (Lipinski definition) is 0. The van der Waals surface area contributed by atoms with Crippen molar-refractivity contribution in [3.8, 4) is 62.1 Å². The first-order chi connectivity index (χ1) is 28.2. The van der Waals surface area contributed by atoms with Crippen LogP contribution in [0.4, 0.5) is 0 Å². The van der Waals surface area contributed by atoms with Gasteiger partial charge >= 0.3 is 0 Å². The highest BCUT2D eigenvalue weighted by Gasteiger charge is 2.21. The number of nitrogens with zero attached hydrogens (tertiary/aromatic N) is 4. The van der Waals surface area contributed by atoms with E-state index in [0.29, 0.717) is 17.5 Å². The lowest BCUT2D eigenvalue weighted by molar-refractivity contribution is 1.06.